The summed E-state index contributed by atoms with van der Waals surface area (Å²) in [5.74, 6) is 2.01. The topological polar surface area (TPSA) is 52.2 Å². The van der Waals surface area contributed by atoms with E-state index in [1.54, 1.807) is 6.07 Å². The van der Waals surface area contributed by atoms with Gasteiger partial charge >= 0.3 is 0 Å². The third-order valence-electron chi connectivity index (χ3n) is 4.54. The Balaban J connectivity index is 1.91. The molecular formula is C16H25N3O. The molecule has 0 radical (unpaired) electrons. The summed E-state index contributed by atoms with van der Waals surface area (Å²) in [4.78, 5) is 2.37. The molecule has 1 aromatic rings. The lowest BCUT2D eigenvalue weighted by molar-refractivity contribution is 0.0745. The fourth-order valence-corrected chi connectivity index (χ4v) is 3.31. The molecule has 1 N–H and O–H groups in total. The summed E-state index contributed by atoms with van der Waals surface area (Å²) in [5, 5.41) is 12.3. The number of furan rings is 1. The minimum Gasteiger partial charge on any atom is -0.449 e. The van der Waals surface area contributed by atoms with E-state index in [4.69, 9.17) is 9.68 Å². The van der Waals surface area contributed by atoms with Crippen molar-refractivity contribution in [1.29, 1.82) is 5.26 Å². The molecule has 4 nitrogen and oxygen atoms in total. The first kappa shape index (κ1) is 15.1. The molecule has 1 heterocycles. The molecule has 2 atom stereocenters. The van der Waals surface area contributed by atoms with Gasteiger partial charge in [-0.1, -0.05) is 19.8 Å². The molecule has 2 rings (SSSR count). The van der Waals surface area contributed by atoms with Crippen LogP contribution in [0.3, 0.4) is 0 Å². The Bertz CT molecular complexity index is 474. The maximum Gasteiger partial charge on any atom is 0.203 e. The smallest absolute Gasteiger partial charge is 0.203 e. The van der Waals surface area contributed by atoms with Crippen molar-refractivity contribution >= 4 is 0 Å². The maximum atomic E-state index is 8.75. The summed E-state index contributed by atoms with van der Waals surface area (Å²) in [6.07, 6.45) is 5.15. The van der Waals surface area contributed by atoms with Crippen molar-refractivity contribution in [3.05, 3.63) is 23.7 Å². The van der Waals surface area contributed by atoms with Gasteiger partial charge in [0.1, 0.15) is 11.8 Å². The van der Waals surface area contributed by atoms with Crippen LogP contribution in [0.5, 0.6) is 0 Å². The third kappa shape index (κ3) is 3.41. The van der Waals surface area contributed by atoms with Crippen LogP contribution in [0.4, 0.5) is 0 Å². The Kier molecular flexibility index (Phi) is 4.85. The Hall–Kier alpha value is -1.31. The number of likely N-dealkylation sites (N-methyl/N-ethyl adjacent to an activating group) is 1. The van der Waals surface area contributed by atoms with Crippen molar-refractivity contribution in [2.24, 2.45) is 5.92 Å². The van der Waals surface area contributed by atoms with Crippen LogP contribution in [0.25, 0.3) is 0 Å². The van der Waals surface area contributed by atoms with Crippen LogP contribution < -0.4 is 5.32 Å². The Morgan fingerprint density at radius 1 is 1.50 bits per heavy atom. The van der Waals surface area contributed by atoms with Gasteiger partial charge in [-0.25, -0.2) is 0 Å². The van der Waals surface area contributed by atoms with Crippen LogP contribution in [0, 0.1) is 17.2 Å². The second kappa shape index (κ2) is 6.43. The largest absolute Gasteiger partial charge is 0.449 e. The van der Waals surface area contributed by atoms with Crippen LogP contribution in [-0.4, -0.2) is 31.1 Å². The lowest BCUT2D eigenvalue weighted by Gasteiger charge is -2.45. The zero-order valence-electron chi connectivity index (χ0n) is 12.8. The van der Waals surface area contributed by atoms with Gasteiger partial charge in [0, 0.05) is 12.1 Å². The van der Waals surface area contributed by atoms with E-state index in [-0.39, 0.29) is 5.54 Å². The van der Waals surface area contributed by atoms with Crippen molar-refractivity contribution < 1.29 is 4.42 Å². The molecule has 0 spiro atoms. The molecule has 0 amide bonds. The van der Waals surface area contributed by atoms with E-state index in [0.29, 0.717) is 12.3 Å². The summed E-state index contributed by atoms with van der Waals surface area (Å²) in [6.45, 7) is 4.00. The zero-order chi connectivity index (χ0) is 14.6. The molecule has 1 aliphatic carbocycles. The lowest BCUT2D eigenvalue weighted by atomic mass is 9.75. The number of rotatable bonds is 5. The van der Waals surface area contributed by atoms with E-state index in [1.165, 1.54) is 25.7 Å². The van der Waals surface area contributed by atoms with E-state index in [9.17, 15) is 0 Å². The molecule has 1 fully saturated rings. The van der Waals surface area contributed by atoms with E-state index < -0.39 is 0 Å². The molecule has 20 heavy (non-hydrogen) atoms. The quantitative estimate of drug-likeness (QED) is 0.897. The number of nitrogens with one attached hydrogen (secondary N) is 1. The third-order valence-corrected chi connectivity index (χ3v) is 4.54. The van der Waals surface area contributed by atoms with Crippen LogP contribution in [0.1, 0.15) is 44.1 Å². The van der Waals surface area contributed by atoms with Crippen LogP contribution in [0.2, 0.25) is 0 Å². The molecular weight excluding hydrogens is 250 g/mol. The van der Waals surface area contributed by atoms with Crippen molar-refractivity contribution in [1.82, 2.24) is 10.2 Å². The van der Waals surface area contributed by atoms with E-state index in [2.05, 4.69) is 31.2 Å². The predicted octanol–water partition coefficient (Wildman–Crippen LogP) is 2.75. The molecule has 1 aliphatic rings. The van der Waals surface area contributed by atoms with Gasteiger partial charge in [-0.3, -0.25) is 0 Å². The SMILES string of the molecule is CC1CCCC(CNCc2ccc(C#N)o2)(N(C)C)C1. The number of nitrogens with zero attached hydrogens (tertiary/aromatic N) is 2. The molecule has 110 valence electrons. The zero-order valence-corrected chi connectivity index (χ0v) is 12.8. The highest BCUT2D eigenvalue weighted by molar-refractivity contribution is 5.19. The van der Waals surface area contributed by atoms with Gasteiger partial charge < -0.3 is 14.6 Å². The fraction of sp³-hybridized carbons (Fsp3) is 0.688. The molecule has 0 saturated heterocycles. The normalized spacial score (nSPS) is 26.6. The molecule has 0 aliphatic heterocycles. The Morgan fingerprint density at radius 2 is 2.30 bits per heavy atom. The highest BCUT2D eigenvalue weighted by atomic mass is 16.3. The van der Waals surface area contributed by atoms with E-state index in [1.807, 2.05) is 12.1 Å². The number of hydrogen-bond acceptors (Lipinski definition) is 4. The van der Waals surface area contributed by atoms with Gasteiger partial charge in [-0.2, -0.15) is 5.26 Å². The van der Waals surface area contributed by atoms with Crippen LogP contribution in [-0.2, 0) is 6.54 Å². The van der Waals surface area contributed by atoms with Gasteiger partial charge in [-0.05, 0) is 45.0 Å². The minimum absolute atomic E-state index is 0.252. The first-order valence-corrected chi connectivity index (χ1v) is 7.43. The van der Waals surface area contributed by atoms with Crippen LogP contribution in [0.15, 0.2) is 16.5 Å². The molecule has 1 aromatic heterocycles. The highest BCUT2D eigenvalue weighted by Crippen LogP contribution is 2.35. The standard InChI is InChI=1S/C16H25N3O/c1-13-5-4-8-16(9-13,19(2)3)12-18-11-15-7-6-14(10-17)20-15/h6-7,13,18H,4-5,8-9,11-12H2,1-3H3. The molecule has 1 saturated carbocycles. The van der Waals surface area contributed by atoms with Gasteiger partial charge in [0.2, 0.25) is 5.76 Å². The van der Waals surface area contributed by atoms with Crippen molar-refractivity contribution in [2.75, 3.05) is 20.6 Å². The summed E-state index contributed by atoms with van der Waals surface area (Å²) >= 11 is 0. The molecule has 0 aromatic carbocycles. The Labute approximate surface area is 121 Å². The second-order valence-electron chi connectivity index (χ2n) is 6.30. The van der Waals surface area contributed by atoms with E-state index in [0.717, 1.165) is 18.2 Å². The summed E-state index contributed by atoms with van der Waals surface area (Å²) in [6, 6.07) is 5.61. The first-order chi connectivity index (χ1) is 9.55. The second-order valence-corrected chi connectivity index (χ2v) is 6.30. The number of nitriles is 1. The molecule has 4 heteroatoms. The molecule has 2 unspecified atom stereocenters. The molecule has 0 bridgehead atoms. The van der Waals surface area contributed by atoms with Gasteiger partial charge in [-0.15, -0.1) is 0 Å². The fourth-order valence-electron chi connectivity index (χ4n) is 3.31. The Morgan fingerprint density at radius 3 is 2.90 bits per heavy atom. The summed E-state index contributed by atoms with van der Waals surface area (Å²) in [5.41, 5.74) is 0.252. The minimum atomic E-state index is 0.252. The monoisotopic (exact) mass is 275 g/mol. The van der Waals surface area contributed by atoms with E-state index >= 15 is 0 Å². The first-order valence-electron chi connectivity index (χ1n) is 7.43. The van der Waals surface area contributed by atoms with Crippen molar-refractivity contribution in [3.63, 3.8) is 0 Å². The van der Waals surface area contributed by atoms with Gasteiger partial charge in [0.15, 0.2) is 0 Å². The summed E-state index contributed by atoms with van der Waals surface area (Å²) in [7, 11) is 4.36. The predicted molar refractivity (Wildman–Crippen MR) is 79.2 cm³/mol. The van der Waals surface area contributed by atoms with Gasteiger partial charge in [0.05, 0.1) is 6.54 Å². The number of hydrogen-bond donors (Lipinski definition) is 1. The average molecular weight is 275 g/mol. The maximum absolute atomic E-state index is 8.75. The van der Waals surface area contributed by atoms with Crippen molar-refractivity contribution in [2.45, 2.75) is 44.7 Å². The van der Waals surface area contributed by atoms with Crippen molar-refractivity contribution in [3.8, 4) is 6.07 Å². The highest BCUT2D eigenvalue weighted by Gasteiger charge is 2.36. The average Bonchev–Trinajstić information content (AvgIpc) is 2.86. The summed E-state index contributed by atoms with van der Waals surface area (Å²) < 4.78 is 5.40. The van der Waals surface area contributed by atoms with Crippen LogP contribution >= 0.6 is 0 Å². The van der Waals surface area contributed by atoms with Gasteiger partial charge in [0.25, 0.3) is 0 Å². The lowest BCUT2D eigenvalue weighted by Crippen LogP contribution is -2.54.